The third-order valence-corrected chi connectivity index (χ3v) is 1.87. The van der Waals surface area contributed by atoms with Gasteiger partial charge in [0.15, 0.2) is 0 Å². The van der Waals surface area contributed by atoms with Crippen LogP contribution in [0.4, 0.5) is 4.79 Å². The molecule has 3 nitrogen and oxygen atoms in total. The molecule has 0 atom stereocenters. The number of ether oxygens (including phenoxy) is 1. The molecule has 0 N–H and O–H groups in total. The number of rotatable bonds is 2. The van der Waals surface area contributed by atoms with Gasteiger partial charge in [0.05, 0.1) is 0 Å². The third kappa shape index (κ3) is 5.65. The smallest absolute Gasteiger partial charge is 0.410 e. The number of carbonyl (C=O) groups excluding carboxylic acids is 1. The van der Waals surface area contributed by atoms with Crippen LogP contribution < -0.4 is 0 Å². The van der Waals surface area contributed by atoms with Gasteiger partial charge in [-0.05, 0) is 48.0 Å². The Balaban J connectivity index is 4.58. The van der Waals surface area contributed by atoms with Crippen molar-refractivity contribution in [2.45, 2.75) is 66.0 Å². The molecule has 0 saturated heterocycles. The van der Waals surface area contributed by atoms with Crippen LogP contribution in [0.15, 0.2) is 0 Å². The normalized spacial score (nSPS) is 12.5. The highest BCUT2D eigenvalue weighted by molar-refractivity contribution is 5.69. The van der Waals surface area contributed by atoms with E-state index in [9.17, 15) is 4.79 Å². The molecule has 0 heterocycles. The summed E-state index contributed by atoms with van der Waals surface area (Å²) < 4.78 is 5.37. The van der Waals surface area contributed by atoms with E-state index in [0.717, 1.165) is 13.0 Å². The number of hydrogen-bond donors (Lipinski definition) is 0. The molecule has 0 saturated carbocycles. The van der Waals surface area contributed by atoms with Crippen molar-refractivity contribution in [3.8, 4) is 0 Å². The molecule has 0 bridgehead atoms. The number of hydrogen-bond acceptors (Lipinski definition) is 2. The zero-order chi connectivity index (χ0) is 12.3. The van der Waals surface area contributed by atoms with E-state index in [1.54, 1.807) is 4.90 Å². The lowest BCUT2D eigenvalue weighted by Gasteiger charge is -2.36. The Morgan fingerprint density at radius 2 is 1.60 bits per heavy atom. The van der Waals surface area contributed by atoms with Crippen molar-refractivity contribution in [1.29, 1.82) is 0 Å². The van der Waals surface area contributed by atoms with E-state index in [2.05, 4.69) is 6.92 Å². The van der Waals surface area contributed by atoms with Crippen LogP contribution in [-0.4, -0.2) is 28.7 Å². The van der Waals surface area contributed by atoms with Crippen molar-refractivity contribution in [3.63, 3.8) is 0 Å². The minimum atomic E-state index is -0.422. The molecular weight excluding hydrogens is 190 g/mol. The summed E-state index contributed by atoms with van der Waals surface area (Å²) in [4.78, 5) is 13.7. The molecule has 0 rings (SSSR count). The summed E-state index contributed by atoms with van der Waals surface area (Å²) in [6.45, 7) is 14.5. The molecule has 1 amide bonds. The summed E-state index contributed by atoms with van der Waals surface area (Å²) in [6.07, 6.45) is 0.716. The van der Waals surface area contributed by atoms with Gasteiger partial charge in [0.2, 0.25) is 0 Å². The van der Waals surface area contributed by atoms with Gasteiger partial charge in [0.25, 0.3) is 0 Å². The molecule has 3 heteroatoms. The lowest BCUT2D eigenvalue weighted by atomic mass is 10.1. The van der Waals surface area contributed by atoms with Gasteiger partial charge < -0.3 is 9.64 Å². The predicted molar refractivity (Wildman–Crippen MR) is 63.0 cm³/mol. The molecule has 15 heavy (non-hydrogen) atoms. The highest BCUT2D eigenvalue weighted by atomic mass is 16.6. The van der Waals surface area contributed by atoms with Gasteiger partial charge in [-0.2, -0.15) is 0 Å². The quantitative estimate of drug-likeness (QED) is 0.706. The molecule has 0 aliphatic heterocycles. The fourth-order valence-corrected chi connectivity index (χ4v) is 1.24. The Bertz CT molecular complexity index is 211. The Labute approximate surface area is 93.8 Å². The summed E-state index contributed by atoms with van der Waals surface area (Å²) in [7, 11) is 0. The lowest BCUT2D eigenvalue weighted by Crippen LogP contribution is -2.48. The molecule has 0 aromatic carbocycles. The Morgan fingerprint density at radius 1 is 1.13 bits per heavy atom. The average molecular weight is 215 g/mol. The topological polar surface area (TPSA) is 29.5 Å². The van der Waals surface area contributed by atoms with Gasteiger partial charge in [0, 0.05) is 12.1 Å². The molecule has 0 aliphatic rings. The summed E-state index contributed by atoms with van der Waals surface area (Å²) >= 11 is 0. The third-order valence-electron chi connectivity index (χ3n) is 1.87. The largest absolute Gasteiger partial charge is 0.444 e. The standard InChI is InChI=1S/C12H25NO2/c1-8-9-13(11(2,3)4)10(14)15-12(5,6)7/h8-9H2,1-7H3. The first kappa shape index (κ1) is 14.3. The van der Waals surface area contributed by atoms with E-state index in [0.29, 0.717) is 0 Å². The fraction of sp³-hybridized carbons (Fsp3) is 0.917. The van der Waals surface area contributed by atoms with E-state index < -0.39 is 5.60 Å². The SMILES string of the molecule is CCCN(C(=O)OC(C)(C)C)C(C)(C)C. The van der Waals surface area contributed by atoms with E-state index in [1.807, 2.05) is 41.5 Å². The first-order chi connectivity index (χ1) is 6.58. The highest BCUT2D eigenvalue weighted by Gasteiger charge is 2.29. The van der Waals surface area contributed by atoms with Crippen molar-refractivity contribution in [3.05, 3.63) is 0 Å². The zero-order valence-electron chi connectivity index (χ0n) is 11.2. The minimum absolute atomic E-state index is 0.182. The second kappa shape index (κ2) is 4.86. The zero-order valence-corrected chi connectivity index (χ0v) is 11.2. The van der Waals surface area contributed by atoms with Crippen molar-refractivity contribution in [2.24, 2.45) is 0 Å². The van der Waals surface area contributed by atoms with Crippen LogP contribution in [0.25, 0.3) is 0 Å². The molecule has 0 aromatic heterocycles. The van der Waals surface area contributed by atoms with Gasteiger partial charge >= 0.3 is 6.09 Å². The molecular formula is C12H25NO2. The number of nitrogens with zero attached hydrogens (tertiary/aromatic N) is 1. The second-order valence-corrected chi connectivity index (χ2v) is 5.80. The van der Waals surface area contributed by atoms with Crippen molar-refractivity contribution >= 4 is 6.09 Å². The minimum Gasteiger partial charge on any atom is -0.444 e. The molecule has 0 aromatic rings. The summed E-state index contributed by atoms with van der Waals surface area (Å²) in [5.41, 5.74) is -0.604. The van der Waals surface area contributed by atoms with Crippen LogP contribution in [0.3, 0.4) is 0 Å². The predicted octanol–water partition coefficient (Wildman–Crippen LogP) is 3.43. The lowest BCUT2D eigenvalue weighted by molar-refractivity contribution is 0.00634. The number of amides is 1. The molecule has 90 valence electrons. The van der Waals surface area contributed by atoms with Gasteiger partial charge in [0.1, 0.15) is 5.60 Å². The summed E-state index contributed by atoms with van der Waals surface area (Å²) in [5.74, 6) is 0. The Hall–Kier alpha value is -0.730. The highest BCUT2D eigenvalue weighted by Crippen LogP contribution is 2.18. The maximum Gasteiger partial charge on any atom is 0.410 e. The Kier molecular flexibility index (Phi) is 4.63. The van der Waals surface area contributed by atoms with Crippen LogP contribution in [0.2, 0.25) is 0 Å². The summed E-state index contributed by atoms with van der Waals surface area (Å²) in [5, 5.41) is 0. The van der Waals surface area contributed by atoms with E-state index in [1.165, 1.54) is 0 Å². The molecule has 0 unspecified atom stereocenters. The first-order valence-electron chi connectivity index (χ1n) is 5.58. The second-order valence-electron chi connectivity index (χ2n) is 5.80. The van der Waals surface area contributed by atoms with E-state index in [4.69, 9.17) is 4.74 Å². The molecule has 0 spiro atoms. The number of carbonyl (C=O) groups is 1. The molecule has 0 fully saturated rings. The van der Waals surface area contributed by atoms with E-state index in [-0.39, 0.29) is 11.6 Å². The van der Waals surface area contributed by atoms with Crippen molar-refractivity contribution in [1.82, 2.24) is 4.90 Å². The molecule has 0 radical (unpaired) electrons. The molecule has 0 aliphatic carbocycles. The van der Waals surface area contributed by atoms with Crippen LogP contribution in [0.5, 0.6) is 0 Å². The Morgan fingerprint density at radius 3 is 1.87 bits per heavy atom. The van der Waals surface area contributed by atoms with Crippen LogP contribution >= 0.6 is 0 Å². The van der Waals surface area contributed by atoms with Crippen molar-refractivity contribution < 1.29 is 9.53 Å². The van der Waals surface area contributed by atoms with Crippen LogP contribution in [0, 0.1) is 0 Å². The van der Waals surface area contributed by atoms with Crippen molar-refractivity contribution in [2.75, 3.05) is 6.54 Å². The first-order valence-corrected chi connectivity index (χ1v) is 5.58. The van der Waals surface area contributed by atoms with Crippen LogP contribution in [-0.2, 0) is 4.74 Å². The average Bonchev–Trinajstić information content (AvgIpc) is 1.93. The van der Waals surface area contributed by atoms with E-state index >= 15 is 0 Å². The van der Waals surface area contributed by atoms with Gasteiger partial charge in [-0.3, -0.25) is 0 Å². The maximum atomic E-state index is 11.9. The van der Waals surface area contributed by atoms with Gasteiger partial charge in [-0.25, -0.2) is 4.79 Å². The van der Waals surface area contributed by atoms with Gasteiger partial charge in [-0.1, -0.05) is 6.92 Å². The summed E-state index contributed by atoms with van der Waals surface area (Å²) in [6, 6.07) is 0. The monoisotopic (exact) mass is 215 g/mol. The van der Waals surface area contributed by atoms with Crippen LogP contribution in [0.1, 0.15) is 54.9 Å². The van der Waals surface area contributed by atoms with Gasteiger partial charge in [-0.15, -0.1) is 0 Å². The fourth-order valence-electron chi connectivity index (χ4n) is 1.24. The maximum absolute atomic E-state index is 11.9.